The first-order chi connectivity index (χ1) is 7.58. The highest BCUT2D eigenvalue weighted by Crippen LogP contribution is 2.09. The molecule has 1 fully saturated rings. The summed E-state index contributed by atoms with van der Waals surface area (Å²) in [6.45, 7) is 13.0. The van der Waals surface area contributed by atoms with E-state index in [9.17, 15) is 0 Å². The van der Waals surface area contributed by atoms with Crippen LogP contribution in [0.25, 0.3) is 0 Å². The van der Waals surface area contributed by atoms with Gasteiger partial charge in [0.15, 0.2) is 0 Å². The summed E-state index contributed by atoms with van der Waals surface area (Å²) in [4.78, 5) is 5.00. The monoisotopic (exact) mass is 224 g/mol. The minimum Gasteiger partial charge on any atom is -0.304 e. The minimum atomic E-state index is 0.790. The van der Waals surface area contributed by atoms with Crippen molar-refractivity contribution in [3.63, 3.8) is 0 Å². The summed E-state index contributed by atoms with van der Waals surface area (Å²) >= 11 is 0. The van der Waals surface area contributed by atoms with E-state index in [0.29, 0.717) is 0 Å². The van der Waals surface area contributed by atoms with Crippen molar-refractivity contribution in [2.45, 2.75) is 33.6 Å². The maximum absolute atomic E-state index is 2.59. The number of hydrogen-bond acceptors (Lipinski definition) is 2. The predicted octanol–water partition coefficient (Wildman–Crippen LogP) is 2.62. The molecule has 1 rings (SSSR count). The molecular weight excluding hydrogens is 196 g/mol. The first-order valence-electron chi connectivity index (χ1n) is 6.64. The molecular formula is C14H28N2. The smallest absolute Gasteiger partial charge is 0.0110 e. The Balaban J connectivity index is 2.16. The third-order valence-corrected chi connectivity index (χ3v) is 3.36. The molecule has 1 heterocycles. The molecule has 94 valence electrons. The van der Waals surface area contributed by atoms with Gasteiger partial charge in [0.2, 0.25) is 0 Å². The van der Waals surface area contributed by atoms with E-state index in [1.165, 1.54) is 45.6 Å². The molecule has 0 aromatic carbocycles. The summed E-state index contributed by atoms with van der Waals surface area (Å²) < 4.78 is 0. The van der Waals surface area contributed by atoms with Crippen LogP contribution in [-0.2, 0) is 0 Å². The number of nitrogens with zero attached hydrogens (tertiary/aromatic N) is 2. The predicted molar refractivity (Wildman–Crippen MR) is 71.8 cm³/mol. The lowest BCUT2D eigenvalue weighted by Crippen LogP contribution is -2.44. The van der Waals surface area contributed by atoms with Gasteiger partial charge in [-0.3, -0.25) is 0 Å². The molecule has 0 N–H and O–H groups in total. The van der Waals surface area contributed by atoms with Gasteiger partial charge in [0.1, 0.15) is 0 Å². The van der Waals surface area contributed by atoms with Crippen molar-refractivity contribution >= 4 is 0 Å². The number of hydrogen-bond donors (Lipinski definition) is 0. The largest absolute Gasteiger partial charge is 0.304 e. The minimum absolute atomic E-state index is 0.790. The average molecular weight is 224 g/mol. The third kappa shape index (κ3) is 5.66. The lowest BCUT2D eigenvalue weighted by Gasteiger charge is -2.32. The molecule has 0 amide bonds. The van der Waals surface area contributed by atoms with Crippen LogP contribution >= 0.6 is 0 Å². The number of allylic oxidation sites excluding steroid dienone is 1. The van der Waals surface area contributed by atoms with Crippen molar-refractivity contribution in [3.05, 3.63) is 11.6 Å². The third-order valence-electron chi connectivity index (χ3n) is 3.36. The van der Waals surface area contributed by atoms with E-state index in [2.05, 4.69) is 43.7 Å². The van der Waals surface area contributed by atoms with E-state index in [-0.39, 0.29) is 0 Å². The van der Waals surface area contributed by atoms with E-state index in [1.54, 1.807) is 5.57 Å². The molecule has 0 bridgehead atoms. The van der Waals surface area contributed by atoms with Crippen LogP contribution in [0.3, 0.4) is 0 Å². The number of likely N-dealkylation sites (N-methyl/N-ethyl adjacent to an activating group) is 1. The molecule has 0 unspecified atom stereocenters. The standard InChI is InChI=1S/C14H28N2/c1-13(2)5-6-14(3)7-8-16-11-9-15(4)10-12-16/h6,13H,5,7-12H2,1-4H3. The zero-order valence-corrected chi connectivity index (χ0v) is 11.5. The summed E-state index contributed by atoms with van der Waals surface area (Å²) in [6.07, 6.45) is 4.89. The lowest BCUT2D eigenvalue weighted by atomic mass is 10.1. The summed E-state index contributed by atoms with van der Waals surface area (Å²) in [6, 6.07) is 0. The van der Waals surface area contributed by atoms with Crippen molar-refractivity contribution in [2.24, 2.45) is 5.92 Å². The van der Waals surface area contributed by atoms with Crippen LogP contribution in [0.15, 0.2) is 11.6 Å². The van der Waals surface area contributed by atoms with Crippen molar-refractivity contribution in [2.75, 3.05) is 39.8 Å². The summed E-state index contributed by atoms with van der Waals surface area (Å²) in [5.41, 5.74) is 1.56. The average Bonchev–Trinajstić information content (AvgIpc) is 2.25. The Kier molecular flexibility index (Phi) is 6.07. The Morgan fingerprint density at radius 1 is 1.19 bits per heavy atom. The van der Waals surface area contributed by atoms with Gasteiger partial charge in [0.05, 0.1) is 0 Å². The highest BCUT2D eigenvalue weighted by atomic mass is 15.2. The molecule has 0 spiro atoms. The van der Waals surface area contributed by atoms with Crippen LogP contribution in [0.4, 0.5) is 0 Å². The molecule has 1 saturated heterocycles. The van der Waals surface area contributed by atoms with E-state index in [1.807, 2.05) is 0 Å². The topological polar surface area (TPSA) is 6.48 Å². The first kappa shape index (κ1) is 13.7. The van der Waals surface area contributed by atoms with Crippen LogP contribution in [0.5, 0.6) is 0 Å². The normalized spacial score (nSPS) is 20.7. The van der Waals surface area contributed by atoms with E-state index < -0.39 is 0 Å². The highest BCUT2D eigenvalue weighted by Gasteiger charge is 2.12. The highest BCUT2D eigenvalue weighted by molar-refractivity contribution is 4.98. The summed E-state index contributed by atoms with van der Waals surface area (Å²) in [5, 5.41) is 0. The fourth-order valence-electron chi connectivity index (χ4n) is 1.94. The molecule has 16 heavy (non-hydrogen) atoms. The van der Waals surface area contributed by atoms with Crippen molar-refractivity contribution in [1.29, 1.82) is 0 Å². The second kappa shape index (κ2) is 7.08. The van der Waals surface area contributed by atoms with Crippen molar-refractivity contribution < 1.29 is 0 Å². The lowest BCUT2D eigenvalue weighted by molar-refractivity contribution is 0.155. The molecule has 0 aliphatic carbocycles. The van der Waals surface area contributed by atoms with Crippen LogP contribution < -0.4 is 0 Å². The van der Waals surface area contributed by atoms with E-state index in [0.717, 1.165) is 5.92 Å². The van der Waals surface area contributed by atoms with Gasteiger partial charge in [-0.2, -0.15) is 0 Å². The second-order valence-corrected chi connectivity index (χ2v) is 5.57. The van der Waals surface area contributed by atoms with Gasteiger partial charge in [-0.05, 0) is 32.7 Å². The molecule has 0 aromatic rings. The maximum Gasteiger partial charge on any atom is 0.0110 e. The quantitative estimate of drug-likeness (QED) is 0.662. The Morgan fingerprint density at radius 2 is 1.81 bits per heavy atom. The van der Waals surface area contributed by atoms with Gasteiger partial charge in [-0.25, -0.2) is 0 Å². The fraction of sp³-hybridized carbons (Fsp3) is 0.857. The molecule has 0 saturated carbocycles. The molecule has 0 atom stereocenters. The van der Waals surface area contributed by atoms with Gasteiger partial charge >= 0.3 is 0 Å². The molecule has 1 aliphatic rings. The molecule has 1 aliphatic heterocycles. The second-order valence-electron chi connectivity index (χ2n) is 5.57. The zero-order chi connectivity index (χ0) is 12.0. The van der Waals surface area contributed by atoms with Crippen molar-refractivity contribution in [1.82, 2.24) is 9.80 Å². The maximum atomic E-state index is 2.59. The Morgan fingerprint density at radius 3 is 2.38 bits per heavy atom. The van der Waals surface area contributed by atoms with Crippen LogP contribution in [0.1, 0.15) is 33.6 Å². The van der Waals surface area contributed by atoms with Gasteiger partial charge in [0.25, 0.3) is 0 Å². The van der Waals surface area contributed by atoms with E-state index >= 15 is 0 Å². The van der Waals surface area contributed by atoms with Crippen molar-refractivity contribution in [3.8, 4) is 0 Å². The van der Waals surface area contributed by atoms with Crippen LogP contribution in [0, 0.1) is 5.92 Å². The number of piperazine rings is 1. The van der Waals surface area contributed by atoms with Gasteiger partial charge in [0, 0.05) is 32.7 Å². The number of rotatable bonds is 5. The molecule has 0 radical (unpaired) electrons. The fourth-order valence-corrected chi connectivity index (χ4v) is 1.94. The van der Waals surface area contributed by atoms with Crippen LogP contribution in [-0.4, -0.2) is 49.6 Å². The Labute approximate surface area is 101 Å². The first-order valence-corrected chi connectivity index (χ1v) is 6.64. The van der Waals surface area contributed by atoms with Gasteiger partial charge in [-0.1, -0.05) is 25.5 Å². The Hall–Kier alpha value is -0.340. The molecule has 2 nitrogen and oxygen atoms in total. The molecule has 2 heteroatoms. The van der Waals surface area contributed by atoms with Gasteiger partial charge in [-0.15, -0.1) is 0 Å². The summed E-state index contributed by atoms with van der Waals surface area (Å²) in [7, 11) is 2.21. The SMILES string of the molecule is CC(=CCC(C)C)CCN1CCN(C)CC1. The molecule has 0 aromatic heterocycles. The van der Waals surface area contributed by atoms with E-state index in [4.69, 9.17) is 0 Å². The van der Waals surface area contributed by atoms with Gasteiger partial charge < -0.3 is 9.80 Å². The van der Waals surface area contributed by atoms with Crippen LogP contribution in [0.2, 0.25) is 0 Å². The summed E-state index contributed by atoms with van der Waals surface area (Å²) in [5.74, 6) is 0.790. The Bertz CT molecular complexity index is 213. The zero-order valence-electron chi connectivity index (χ0n) is 11.5.